The number of amidine groups is 1. The van der Waals surface area contributed by atoms with Gasteiger partial charge in [0.2, 0.25) is 0 Å². The minimum absolute atomic E-state index is 0.210. The molecule has 182 valence electrons. The van der Waals surface area contributed by atoms with Crippen LogP contribution in [0.25, 0.3) is 11.1 Å². The molecule has 2 atom stereocenters. The zero-order valence-electron chi connectivity index (χ0n) is 20.1. The smallest absolute Gasteiger partial charge is 0.260 e. The van der Waals surface area contributed by atoms with Gasteiger partial charge in [-0.05, 0) is 34.4 Å². The maximum Gasteiger partial charge on any atom is 0.265 e. The standard InChI is InChI=1S/C32H26N2O2S/c35-37(36,29-22-20-25(21-23-29)24-12-4-1-5-13-24)34-31(27-16-8-3-9-17-27)30(26-14-6-2-7-15-26)33-32(34)28-18-10-11-19-28/h1-23,28,30-31H/t30-,31-/m1/s1. The third-order valence-electron chi connectivity index (χ3n) is 6.90. The van der Waals surface area contributed by atoms with Gasteiger partial charge in [0.1, 0.15) is 11.9 Å². The molecule has 0 radical (unpaired) electrons. The van der Waals surface area contributed by atoms with Gasteiger partial charge >= 0.3 is 0 Å². The molecule has 0 saturated heterocycles. The van der Waals surface area contributed by atoms with Crippen molar-refractivity contribution in [2.75, 3.05) is 0 Å². The Kier molecular flexibility index (Phi) is 6.07. The van der Waals surface area contributed by atoms with Crippen molar-refractivity contribution >= 4 is 15.9 Å². The molecule has 0 spiro atoms. The second-order valence-electron chi connectivity index (χ2n) is 9.19. The molecule has 5 heteroatoms. The van der Waals surface area contributed by atoms with Crippen LogP contribution in [0, 0.1) is 5.92 Å². The summed E-state index contributed by atoms with van der Waals surface area (Å²) in [5.74, 6) is 0.332. The number of aliphatic imine (C=N–C) groups is 1. The van der Waals surface area contributed by atoms with Crippen LogP contribution < -0.4 is 0 Å². The zero-order valence-corrected chi connectivity index (χ0v) is 20.9. The van der Waals surface area contributed by atoms with Crippen molar-refractivity contribution in [3.05, 3.63) is 151 Å². The normalized spacial score (nSPS) is 19.4. The minimum Gasteiger partial charge on any atom is -0.260 e. The summed E-state index contributed by atoms with van der Waals surface area (Å²) in [6.07, 6.45) is 7.88. The maximum atomic E-state index is 14.4. The van der Waals surface area contributed by atoms with Crippen LogP contribution in [-0.4, -0.2) is 18.6 Å². The molecular formula is C32H26N2O2S. The second-order valence-corrected chi connectivity index (χ2v) is 11.0. The molecule has 0 fully saturated rings. The van der Waals surface area contributed by atoms with Gasteiger partial charge in [0, 0.05) is 0 Å². The fourth-order valence-electron chi connectivity index (χ4n) is 5.09. The first-order chi connectivity index (χ1) is 18.1. The average molecular weight is 503 g/mol. The fraction of sp³-hybridized carbons (Fsp3) is 0.0938. The van der Waals surface area contributed by atoms with Gasteiger partial charge < -0.3 is 0 Å². The molecule has 4 aromatic carbocycles. The Hall–Kier alpha value is -4.22. The Morgan fingerprint density at radius 1 is 0.595 bits per heavy atom. The third-order valence-corrected chi connectivity index (χ3v) is 8.70. The summed E-state index contributed by atoms with van der Waals surface area (Å²) in [5, 5.41) is 0. The van der Waals surface area contributed by atoms with Crippen LogP contribution in [0.5, 0.6) is 0 Å². The number of benzene rings is 4. The van der Waals surface area contributed by atoms with E-state index in [0.29, 0.717) is 5.84 Å². The first kappa shape index (κ1) is 23.2. The van der Waals surface area contributed by atoms with E-state index in [9.17, 15) is 8.42 Å². The molecule has 1 aliphatic heterocycles. The second kappa shape index (κ2) is 9.68. The van der Waals surface area contributed by atoms with Crippen LogP contribution in [0.3, 0.4) is 0 Å². The van der Waals surface area contributed by atoms with E-state index in [2.05, 4.69) is 0 Å². The number of nitrogens with zero attached hydrogens (tertiary/aromatic N) is 2. The fourth-order valence-corrected chi connectivity index (χ4v) is 6.75. The predicted molar refractivity (Wildman–Crippen MR) is 148 cm³/mol. The van der Waals surface area contributed by atoms with Gasteiger partial charge in [-0.15, -0.1) is 0 Å². The van der Waals surface area contributed by atoms with Gasteiger partial charge in [-0.25, -0.2) is 12.7 Å². The number of sulfonamides is 1. The van der Waals surface area contributed by atoms with Crippen LogP contribution in [0.4, 0.5) is 0 Å². The van der Waals surface area contributed by atoms with Gasteiger partial charge in [0.25, 0.3) is 10.0 Å². The van der Waals surface area contributed by atoms with Gasteiger partial charge in [-0.2, -0.15) is 0 Å². The van der Waals surface area contributed by atoms with E-state index in [0.717, 1.165) is 22.3 Å². The van der Waals surface area contributed by atoms with E-state index >= 15 is 0 Å². The van der Waals surface area contributed by atoms with Crippen LogP contribution in [0.1, 0.15) is 23.2 Å². The number of allylic oxidation sites excluding steroid dienone is 2. The maximum absolute atomic E-state index is 14.4. The summed E-state index contributed by atoms with van der Waals surface area (Å²) in [7, 11) is -3.93. The van der Waals surface area contributed by atoms with Crippen LogP contribution in [-0.2, 0) is 10.0 Å². The molecular weight excluding hydrogens is 476 g/mol. The van der Waals surface area contributed by atoms with Crippen molar-refractivity contribution in [1.82, 2.24) is 4.31 Å². The summed E-state index contributed by atoms with van der Waals surface area (Å²) < 4.78 is 30.4. The topological polar surface area (TPSA) is 49.7 Å². The lowest BCUT2D eigenvalue weighted by molar-refractivity contribution is 0.415. The lowest BCUT2D eigenvalue weighted by atomic mass is 9.95. The Balaban J connectivity index is 1.48. The molecule has 0 aromatic heterocycles. The third kappa shape index (κ3) is 4.32. The molecule has 0 bridgehead atoms. The summed E-state index contributed by atoms with van der Waals surface area (Å²) in [6.45, 7) is 0. The highest BCUT2D eigenvalue weighted by Crippen LogP contribution is 2.46. The predicted octanol–water partition coefficient (Wildman–Crippen LogP) is 6.98. The molecule has 4 aromatic rings. The van der Waals surface area contributed by atoms with Crippen molar-refractivity contribution in [1.29, 1.82) is 0 Å². The van der Waals surface area contributed by atoms with E-state index < -0.39 is 16.1 Å². The highest BCUT2D eigenvalue weighted by Gasteiger charge is 2.46. The summed E-state index contributed by atoms with van der Waals surface area (Å²) in [5.41, 5.74) is 3.91. The average Bonchev–Trinajstić information content (AvgIpc) is 3.63. The van der Waals surface area contributed by atoms with Crippen molar-refractivity contribution in [3.8, 4) is 11.1 Å². The largest absolute Gasteiger partial charge is 0.265 e. The molecule has 1 aliphatic carbocycles. The Morgan fingerprint density at radius 2 is 1.11 bits per heavy atom. The summed E-state index contributed by atoms with van der Waals surface area (Å²) in [4.78, 5) is 5.35. The molecule has 0 amide bonds. The van der Waals surface area contributed by atoms with Gasteiger partial charge in [0.15, 0.2) is 0 Å². The van der Waals surface area contributed by atoms with Crippen molar-refractivity contribution in [3.63, 3.8) is 0 Å². The van der Waals surface area contributed by atoms with Crippen molar-refractivity contribution in [2.45, 2.75) is 17.0 Å². The van der Waals surface area contributed by atoms with E-state index in [1.54, 1.807) is 16.4 Å². The van der Waals surface area contributed by atoms with Crippen LogP contribution in [0.15, 0.2) is 149 Å². The molecule has 0 saturated carbocycles. The molecule has 1 heterocycles. The molecule has 2 aliphatic rings. The first-order valence-corrected chi connectivity index (χ1v) is 13.8. The quantitative estimate of drug-likeness (QED) is 0.286. The highest BCUT2D eigenvalue weighted by atomic mass is 32.2. The monoisotopic (exact) mass is 502 g/mol. The molecule has 4 nitrogen and oxygen atoms in total. The lowest BCUT2D eigenvalue weighted by Gasteiger charge is -2.31. The Morgan fingerprint density at radius 3 is 1.70 bits per heavy atom. The Labute approximate surface area is 218 Å². The molecule has 0 N–H and O–H groups in total. The van der Waals surface area contributed by atoms with Crippen LogP contribution >= 0.6 is 0 Å². The minimum atomic E-state index is -3.93. The van der Waals surface area contributed by atoms with E-state index in [1.807, 2.05) is 127 Å². The van der Waals surface area contributed by atoms with Gasteiger partial charge in [0.05, 0.1) is 16.9 Å². The zero-order chi connectivity index (χ0) is 25.2. The SMILES string of the molecule is O=S(=O)(c1ccc(-c2ccccc2)cc1)N1C(C2C=CC=C2)=N[C@H](c2ccccc2)[C@H]1c1ccccc1. The molecule has 6 rings (SSSR count). The van der Waals surface area contributed by atoms with Crippen molar-refractivity contribution in [2.24, 2.45) is 10.9 Å². The van der Waals surface area contributed by atoms with E-state index in [-0.39, 0.29) is 16.9 Å². The number of rotatable bonds is 6. The van der Waals surface area contributed by atoms with Crippen LogP contribution in [0.2, 0.25) is 0 Å². The summed E-state index contributed by atoms with van der Waals surface area (Å²) in [6, 6.07) is 36.0. The molecule has 0 unspecified atom stereocenters. The van der Waals surface area contributed by atoms with Gasteiger partial charge in [-0.3, -0.25) is 4.99 Å². The highest BCUT2D eigenvalue weighted by molar-refractivity contribution is 7.89. The number of hydrogen-bond donors (Lipinski definition) is 0. The summed E-state index contributed by atoms with van der Waals surface area (Å²) >= 11 is 0. The van der Waals surface area contributed by atoms with E-state index in [4.69, 9.17) is 4.99 Å². The molecule has 37 heavy (non-hydrogen) atoms. The first-order valence-electron chi connectivity index (χ1n) is 12.4. The Bertz CT molecular complexity index is 1570. The van der Waals surface area contributed by atoms with E-state index in [1.165, 1.54) is 0 Å². The van der Waals surface area contributed by atoms with Gasteiger partial charge in [-0.1, -0.05) is 127 Å². The van der Waals surface area contributed by atoms with Crippen molar-refractivity contribution < 1.29 is 8.42 Å². The number of hydrogen-bond acceptors (Lipinski definition) is 3. The lowest BCUT2D eigenvalue weighted by Crippen LogP contribution is -2.39.